The second kappa shape index (κ2) is 15.8. The molecule has 0 aliphatic carbocycles. The predicted octanol–water partition coefficient (Wildman–Crippen LogP) is 5.97. The fourth-order valence-corrected chi connectivity index (χ4v) is 8.95. The van der Waals surface area contributed by atoms with Crippen LogP contribution < -0.4 is 15.8 Å². The van der Waals surface area contributed by atoms with Gasteiger partial charge in [0.25, 0.3) is 11.8 Å². The molecule has 0 saturated carbocycles. The molecule has 0 radical (unpaired) electrons. The van der Waals surface area contributed by atoms with Gasteiger partial charge in [0.1, 0.15) is 35.4 Å². The van der Waals surface area contributed by atoms with Crippen molar-refractivity contribution in [3.8, 4) is 22.8 Å². The number of nitrogens with two attached hydrogens (primary N) is 1. The van der Waals surface area contributed by atoms with Crippen LogP contribution in [0.15, 0.2) is 108 Å². The van der Waals surface area contributed by atoms with Gasteiger partial charge in [-0.1, -0.05) is 48.5 Å². The summed E-state index contributed by atoms with van der Waals surface area (Å²) in [6.45, 7) is 1.15. The molecule has 6 aromatic rings. The van der Waals surface area contributed by atoms with Crippen LogP contribution in [0.3, 0.4) is 0 Å². The van der Waals surface area contributed by atoms with Gasteiger partial charge in [-0.25, -0.2) is 14.6 Å². The van der Waals surface area contributed by atoms with Crippen molar-refractivity contribution in [3.63, 3.8) is 0 Å². The maximum Gasteiger partial charge on any atom is 0.263 e. The number of carbonyl (C=O) groups is 5. The lowest BCUT2D eigenvalue weighted by Crippen LogP contribution is -2.54. The summed E-state index contributed by atoms with van der Waals surface area (Å²) in [5.74, 6) is 0.255. The third-order valence-electron chi connectivity index (χ3n) is 11.0. The van der Waals surface area contributed by atoms with Crippen molar-refractivity contribution >= 4 is 58.1 Å². The second-order valence-corrected chi connectivity index (χ2v) is 15.7. The van der Waals surface area contributed by atoms with Gasteiger partial charge < -0.3 is 15.4 Å². The number of benzene rings is 4. The topological polar surface area (TPSA) is 183 Å². The molecular formula is C44H38N8O6S. The Bertz CT molecular complexity index is 2620. The normalized spacial score (nSPS) is 17.1. The zero-order chi connectivity index (χ0) is 40.6. The summed E-state index contributed by atoms with van der Waals surface area (Å²) >= 11 is 1.42. The number of anilines is 1. The molecule has 4 aromatic carbocycles. The van der Waals surface area contributed by atoms with E-state index in [1.807, 2.05) is 88.4 Å². The molecule has 59 heavy (non-hydrogen) atoms. The van der Waals surface area contributed by atoms with Gasteiger partial charge >= 0.3 is 0 Å². The zero-order valence-corrected chi connectivity index (χ0v) is 32.6. The monoisotopic (exact) mass is 806 g/mol. The second-order valence-electron chi connectivity index (χ2n) is 14.7. The number of nitrogens with zero attached hydrogens (tertiary/aromatic N) is 6. The van der Waals surface area contributed by atoms with E-state index >= 15 is 0 Å². The fourth-order valence-electron chi connectivity index (χ4n) is 7.92. The Morgan fingerprint density at radius 3 is 2.29 bits per heavy atom. The van der Waals surface area contributed by atoms with Gasteiger partial charge in [0.15, 0.2) is 5.65 Å². The minimum atomic E-state index is -1.02. The highest BCUT2D eigenvalue weighted by atomic mass is 32.2. The van der Waals surface area contributed by atoms with Crippen molar-refractivity contribution in [2.45, 2.75) is 54.8 Å². The van der Waals surface area contributed by atoms with Crippen molar-refractivity contribution in [2.75, 3.05) is 18.8 Å². The number of amides is 5. The highest BCUT2D eigenvalue weighted by Gasteiger charge is 2.45. The number of carbonyl (C=O) groups excluding carboxylic acids is 5. The van der Waals surface area contributed by atoms with Gasteiger partial charge in [-0.15, -0.1) is 11.8 Å². The van der Waals surface area contributed by atoms with E-state index in [0.29, 0.717) is 64.9 Å². The first kappa shape index (κ1) is 37.7. The minimum absolute atomic E-state index is 0.0156. The number of aromatic nitrogens is 4. The van der Waals surface area contributed by atoms with Crippen LogP contribution in [-0.4, -0.2) is 78.2 Å². The van der Waals surface area contributed by atoms with Crippen LogP contribution in [0.1, 0.15) is 63.6 Å². The van der Waals surface area contributed by atoms with Crippen LogP contribution >= 0.6 is 11.8 Å². The first-order valence-corrected chi connectivity index (χ1v) is 20.4. The van der Waals surface area contributed by atoms with E-state index in [9.17, 15) is 24.0 Å². The molecule has 296 valence electrons. The van der Waals surface area contributed by atoms with Gasteiger partial charge in [-0.2, -0.15) is 5.10 Å². The van der Waals surface area contributed by atoms with Gasteiger partial charge in [0.2, 0.25) is 17.7 Å². The smallest absolute Gasteiger partial charge is 0.263 e. The summed E-state index contributed by atoms with van der Waals surface area (Å²) in [6, 6.07) is 29.2. The molecular weight excluding hydrogens is 769 g/mol. The van der Waals surface area contributed by atoms with Crippen molar-refractivity contribution < 1.29 is 28.7 Å². The molecule has 3 aliphatic rings. The number of para-hydroxylation sites is 1. The maximum atomic E-state index is 13.5. The summed E-state index contributed by atoms with van der Waals surface area (Å²) in [7, 11) is 0. The number of hydrogen-bond acceptors (Lipinski definition) is 11. The third-order valence-corrected chi connectivity index (χ3v) is 12.1. The van der Waals surface area contributed by atoms with Crippen LogP contribution in [0, 0.1) is 0 Å². The minimum Gasteiger partial charge on any atom is -0.457 e. The number of fused-ring (bicyclic) bond motifs is 2. The Kier molecular flexibility index (Phi) is 10.1. The van der Waals surface area contributed by atoms with E-state index < -0.39 is 29.7 Å². The molecule has 15 heteroatoms. The first-order valence-electron chi connectivity index (χ1n) is 19.4. The molecule has 0 bridgehead atoms. The quantitative estimate of drug-likeness (QED) is 0.123. The molecule has 1 unspecified atom stereocenters. The van der Waals surface area contributed by atoms with E-state index in [1.165, 1.54) is 18.1 Å². The maximum absolute atomic E-state index is 13.5. The number of piperidine rings is 2. The fraction of sp³-hybridized carbons (Fsp3) is 0.227. The lowest BCUT2D eigenvalue weighted by molar-refractivity contribution is -0.136. The van der Waals surface area contributed by atoms with Gasteiger partial charge in [-0.3, -0.25) is 34.2 Å². The zero-order valence-electron chi connectivity index (χ0n) is 31.7. The summed E-state index contributed by atoms with van der Waals surface area (Å²) in [5, 5.41) is 7.94. The number of ether oxygens (including phenoxy) is 1. The Balaban J connectivity index is 0.812. The highest BCUT2D eigenvalue weighted by Crippen LogP contribution is 2.37. The van der Waals surface area contributed by atoms with Gasteiger partial charge in [0.05, 0.1) is 29.0 Å². The van der Waals surface area contributed by atoms with Crippen molar-refractivity contribution in [1.82, 2.24) is 34.9 Å². The van der Waals surface area contributed by atoms with E-state index in [1.54, 1.807) is 18.2 Å². The molecule has 2 saturated heterocycles. The highest BCUT2D eigenvalue weighted by molar-refractivity contribution is 7.98. The number of hydrogen-bond donors (Lipinski definition) is 2. The number of thioether (sulfide) groups is 1. The molecule has 3 aliphatic heterocycles. The standard InChI is InChI=1S/C44H38N8O6S/c45-40-38-39(28-13-15-31(16-14-28)58-30-5-2-1-3-6-30)49-52(41(38)47-25-46-40)29-19-21-50(22-20-29)36(54)23-26-9-11-27(12-10-26)24-59-34-8-4-7-32-37(34)44(57)51(43(32)56)33-17-18-35(53)48-42(33)55/h1-16,25,29,33H,17-24H2,(H2,45,46,47)(H,48,53,55). The van der Waals surface area contributed by atoms with E-state index in [4.69, 9.17) is 15.6 Å². The molecule has 0 spiro atoms. The molecule has 5 heterocycles. The molecule has 2 fully saturated rings. The Labute approximate surface area is 342 Å². The summed E-state index contributed by atoms with van der Waals surface area (Å²) in [5.41, 5.74) is 11.0. The summed E-state index contributed by atoms with van der Waals surface area (Å²) in [4.78, 5) is 76.7. The summed E-state index contributed by atoms with van der Waals surface area (Å²) < 4.78 is 7.91. The molecule has 9 rings (SSSR count). The number of nitrogens with one attached hydrogen (secondary N) is 1. The molecule has 1 atom stereocenters. The average molecular weight is 807 g/mol. The van der Waals surface area contributed by atoms with Crippen molar-refractivity contribution in [2.24, 2.45) is 0 Å². The predicted molar refractivity (Wildman–Crippen MR) is 219 cm³/mol. The number of rotatable bonds is 10. The number of likely N-dealkylation sites (tertiary alicyclic amines) is 1. The van der Waals surface area contributed by atoms with Gasteiger partial charge in [0, 0.05) is 35.7 Å². The third kappa shape index (κ3) is 7.40. The van der Waals surface area contributed by atoms with Gasteiger partial charge in [-0.05, 0) is 78.9 Å². The van der Waals surface area contributed by atoms with Crippen LogP contribution in [0.4, 0.5) is 5.82 Å². The molecule has 5 amide bonds. The first-order chi connectivity index (χ1) is 28.7. The SMILES string of the molecule is Nc1ncnc2c1c(-c1ccc(Oc3ccccc3)cc1)nn2C1CCN(C(=O)Cc2ccc(CSc3cccc4c3C(=O)N(C3CCC(=O)NC3=O)C4=O)cc2)CC1. The van der Waals surface area contributed by atoms with Crippen LogP contribution in [0.2, 0.25) is 0 Å². The molecule has 14 nitrogen and oxygen atoms in total. The van der Waals surface area contributed by atoms with Crippen LogP contribution in [0.5, 0.6) is 11.5 Å². The van der Waals surface area contributed by atoms with E-state index in [2.05, 4.69) is 15.3 Å². The largest absolute Gasteiger partial charge is 0.457 e. The van der Waals surface area contributed by atoms with E-state index in [-0.39, 0.29) is 42.3 Å². The Hall–Kier alpha value is -6.87. The molecule has 2 aromatic heterocycles. The van der Waals surface area contributed by atoms with Crippen molar-refractivity contribution in [1.29, 1.82) is 0 Å². The van der Waals surface area contributed by atoms with Crippen LogP contribution in [-0.2, 0) is 26.6 Å². The molecule has 3 N–H and O–H groups in total. The Morgan fingerprint density at radius 1 is 0.814 bits per heavy atom. The summed E-state index contributed by atoms with van der Waals surface area (Å²) in [6.07, 6.45) is 3.29. The average Bonchev–Trinajstić information content (AvgIpc) is 3.77. The number of nitrogen functional groups attached to an aromatic ring is 1. The lowest BCUT2D eigenvalue weighted by Gasteiger charge is -2.32. The number of imide groups is 2. The van der Waals surface area contributed by atoms with Crippen LogP contribution in [0.25, 0.3) is 22.3 Å². The van der Waals surface area contributed by atoms with Crippen molar-refractivity contribution in [3.05, 3.63) is 126 Å². The van der Waals surface area contributed by atoms with E-state index in [0.717, 1.165) is 27.3 Å². The lowest BCUT2D eigenvalue weighted by atomic mass is 10.0. The Morgan fingerprint density at radius 2 is 1.54 bits per heavy atom.